The molecule has 2 amide bonds. The zero-order valence-corrected chi connectivity index (χ0v) is 19.4. The van der Waals surface area contributed by atoms with Crippen molar-refractivity contribution >= 4 is 17.8 Å². The number of aromatic nitrogens is 1. The van der Waals surface area contributed by atoms with Gasteiger partial charge in [-0.05, 0) is 70.4 Å². The molecule has 1 N–H and O–H groups in total. The van der Waals surface area contributed by atoms with Crippen LogP contribution in [0.25, 0.3) is 0 Å². The summed E-state index contributed by atoms with van der Waals surface area (Å²) in [7, 11) is 1.87. The number of ether oxygens (including phenoxy) is 1. The highest BCUT2D eigenvalue weighted by Gasteiger charge is 2.53. The molecule has 2 fully saturated rings. The van der Waals surface area contributed by atoms with Crippen molar-refractivity contribution in [3.8, 4) is 0 Å². The highest BCUT2D eigenvalue weighted by atomic mass is 16.6. The first-order chi connectivity index (χ1) is 14.6. The number of piperidine rings is 1. The Kier molecular flexibility index (Phi) is 5.99. The van der Waals surface area contributed by atoms with Gasteiger partial charge in [0.05, 0.1) is 7.05 Å². The van der Waals surface area contributed by atoms with E-state index >= 15 is 0 Å². The van der Waals surface area contributed by atoms with Gasteiger partial charge in [0.2, 0.25) is 5.91 Å². The van der Waals surface area contributed by atoms with Crippen LogP contribution in [0.3, 0.4) is 0 Å². The number of hydrogen-bond acceptors (Lipinski definition) is 5. The minimum absolute atomic E-state index is 0.0672. The summed E-state index contributed by atoms with van der Waals surface area (Å²) in [5.41, 5.74) is 1.98. The molecule has 0 radical (unpaired) electrons. The zero-order chi connectivity index (χ0) is 22.2. The van der Waals surface area contributed by atoms with E-state index in [9.17, 15) is 9.59 Å². The van der Waals surface area contributed by atoms with Crippen LogP contribution in [0.1, 0.15) is 51.3 Å². The van der Waals surface area contributed by atoms with Crippen molar-refractivity contribution < 1.29 is 18.8 Å². The lowest BCUT2D eigenvalue weighted by Crippen LogP contribution is -2.68. The molecular formula is C24H37N4O3+. The topological polar surface area (TPSA) is 71.5 Å². The van der Waals surface area contributed by atoms with Crippen LogP contribution in [0.4, 0.5) is 10.6 Å². The molecule has 0 spiro atoms. The molecule has 4 heterocycles. The minimum atomic E-state index is -0.502. The fourth-order valence-corrected chi connectivity index (χ4v) is 4.99. The van der Waals surface area contributed by atoms with E-state index in [1.54, 1.807) is 0 Å². The van der Waals surface area contributed by atoms with Crippen LogP contribution in [-0.4, -0.2) is 71.7 Å². The summed E-state index contributed by atoms with van der Waals surface area (Å²) in [5, 5.41) is 3.42. The summed E-state index contributed by atoms with van der Waals surface area (Å²) in [6, 6.07) is 4.39. The van der Waals surface area contributed by atoms with E-state index in [4.69, 9.17) is 9.72 Å². The van der Waals surface area contributed by atoms with E-state index in [1.807, 2.05) is 32.7 Å². The number of quaternary nitrogens is 1. The maximum absolute atomic E-state index is 12.9. The summed E-state index contributed by atoms with van der Waals surface area (Å²) in [6.45, 7) is 9.33. The van der Waals surface area contributed by atoms with Gasteiger partial charge >= 0.3 is 6.09 Å². The molecule has 3 aliphatic rings. The first kappa shape index (κ1) is 22.1. The number of rotatable bonds is 3. The van der Waals surface area contributed by atoms with Gasteiger partial charge in [0.1, 0.15) is 30.4 Å². The number of carbonyl (C=O) groups excluding carboxylic acids is 2. The van der Waals surface area contributed by atoms with Crippen molar-refractivity contribution in [2.45, 2.75) is 58.5 Å². The quantitative estimate of drug-likeness (QED) is 0.747. The molecule has 0 atom stereocenters. The lowest BCUT2D eigenvalue weighted by Gasteiger charge is -2.45. The van der Waals surface area contributed by atoms with E-state index < -0.39 is 5.60 Å². The van der Waals surface area contributed by atoms with Crippen LogP contribution in [0, 0.1) is 11.8 Å². The molecule has 0 bridgehead atoms. The summed E-state index contributed by atoms with van der Waals surface area (Å²) in [6.07, 6.45) is 5.07. The van der Waals surface area contributed by atoms with Gasteiger partial charge in [0, 0.05) is 25.3 Å². The van der Waals surface area contributed by atoms with Gasteiger partial charge in [-0.15, -0.1) is 0 Å². The van der Waals surface area contributed by atoms with Gasteiger partial charge in [-0.1, -0.05) is 6.07 Å². The fraction of sp³-hybridized carbons (Fsp3) is 0.708. The van der Waals surface area contributed by atoms with Crippen molar-refractivity contribution in [1.29, 1.82) is 0 Å². The summed E-state index contributed by atoms with van der Waals surface area (Å²) in [5.74, 6) is 1.77. The number of aryl methyl sites for hydroxylation is 1. The van der Waals surface area contributed by atoms with Crippen LogP contribution in [0.15, 0.2) is 12.1 Å². The van der Waals surface area contributed by atoms with E-state index in [1.165, 1.54) is 12.0 Å². The summed E-state index contributed by atoms with van der Waals surface area (Å²) < 4.78 is 5.72. The first-order valence-electron chi connectivity index (χ1n) is 11.7. The highest BCUT2D eigenvalue weighted by Crippen LogP contribution is 2.30. The van der Waals surface area contributed by atoms with Gasteiger partial charge in [0.25, 0.3) is 0 Å². The lowest BCUT2D eigenvalue weighted by molar-refractivity contribution is -0.886. The van der Waals surface area contributed by atoms with Gasteiger partial charge < -0.3 is 15.0 Å². The average Bonchev–Trinajstić information content (AvgIpc) is 2.70. The van der Waals surface area contributed by atoms with E-state index in [0.29, 0.717) is 19.0 Å². The van der Waals surface area contributed by atoms with Crippen molar-refractivity contribution in [3.05, 3.63) is 23.4 Å². The SMILES string of the molecule is CC(C)(C)OC(=O)[N+]1(C)CC(C(=O)N2CCC(Cc3ccc4c(n3)NCCC4)CC2)C1. The average molecular weight is 430 g/mol. The standard InChI is InChI=1S/C24H37N4O3/c1-24(2,3)31-23(30)28(4)15-19(16-28)22(29)27-12-9-17(10-13-27)14-20-8-7-18-6-5-11-25-21(18)26-20/h7-8,17,19H,5-6,9-16H2,1-4H3,(H,25,26)/q+1. The summed E-state index contributed by atoms with van der Waals surface area (Å²) >= 11 is 0. The third-order valence-corrected chi connectivity index (χ3v) is 6.81. The number of carbonyl (C=O) groups is 2. The Morgan fingerprint density at radius 2 is 1.94 bits per heavy atom. The molecule has 1 aromatic rings. The van der Waals surface area contributed by atoms with Crippen molar-refractivity contribution in [2.24, 2.45) is 11.8 Å². The number of nitrogens with one attached hydrogen (secondary N) is 1. The van der Waals surface area contributed by atoms with E-state index in [2.05, 4.69) is 17.4 Å². The Morgan fingerprint density at radius 3 is 2.61 bits per heavy atom. The zero-order valence-electron chi connectivity index (χ0n) is 19.4. The molecule has 7 heteroatoms. The predicted molar refractivity (Wildman–Crippen MR) is 120 cm³/mol. The van der Waals surface area contributed by atoms with Gasteiger partial charge in [-0.3, -0.25) is 4.79 Å². The number of hydrogen-bond donors (Lipinski definition) is 1. The van der Waals surface area contributed by atoms with Crippen molar-refractivity contribution in [2.75, 3.05) is 45.1 Å². The van der Waals surface area contributed by atoms with Gasteiger partial charge in [-0.2, -0.15) is 4.79 Å². The first-order valence-corrected chi connectivity index (χ1v) is 11.7. The Balaban J connectivity index is 1.24. The number of amides is 2. The number of fused-ring (bicyclic) bond motifs is 1. The van der Waals surface area contributed by atoms with Crippen LogP contribution in [0.2, 0.25) is 0 Å². The van der Waals surface area contributed by atoms with E-state index in [0.717, 1.165) is 56.8 Å². The second kappa shape index (κ2) is 8.41. The molecule has 2 saturated heterocycles. The highest BCUT2D eigenvalue weighted by molar-refractivity contribution is 5.80. The number of pyridine rings is 1. The second-order valence-electron chi connectivity index (χ2n) is 10.8. The Morgan fingerprint density at radius 1 is 1.23 bits per heavy atom. The summed E-state index contributed by atoms with van der Waals surface area (Å²) in [4.78, 5) is 32.2. The van der Waals surface area contributed by atoms with Crippen LogP contribution < -0.4 is 5.32 Å². The maximum atomic E-state index is 12.9. The molecule has 31 heavy (non-hydrogen) atoms. The van der Waals surface area contributed by atoms with Crippen LogP contribution >= 0.6 is 0 Å². The molecule has 4 rings (SSSR count). The molecule has 0 aromatic carbocycles. The fourth-order valence-electron chi connectivity index (χ4n) is 4.99. The van der Waals surface area contributed by atoms with Crippen LogP contribution in [0.5, 0.6) is 0 Å². The van der Waals surface area contributed by atoms with Crippen LogP contribution in [-0.2, 0) is 22.4 Å². The maximum Gasteiger partial charge on any atom is 0.516 e. The minimum Gasteiger partial charge on any atom is -0.414 e. The lowest BCUT2D eigenvalue weighted by atomic mass is 9.89. The van der Waals surface area contributed by atoms with Gasteiger partial charge in [0.15, 0.2) is 0 Å². The molecule has 1 aromatic heterocycles. The monoisotopic (exact) mass is 429 g/mol. The normalized spacial score (nSPS) is 26.5. The molecule has 170 valence electrons. The Bertz CT molecular complexity index is 834. The third kappa shape index (κ3) is 5.03. The van der Waals surface area contributed by atoms with Crippen molar-refractivity contribution in [1.82, 2.24) is 9.88 Å². The van der Waals surface area contributed by atoms with E-state index in [-0.39, 0.29) is 22.4 Å². The molecule has 7 nitrogen and oxygen atoms in total. The predicted octanol–water partition coefficient (Wildman–Crippen LogP) is 3.23. The Labute approximate surface area is 185 Å². The third-order valence-electron chi connectivity index (χ3n) is 6.81. The molecular weight excluding hydrogens is 392 g/mol. The molecule has 0 unspecified atom stereocenters. The second-order valence-corrected chi connectivity index (χ2v) is 10.8. The molecule has 0 aliphatic carbocycles. The number of anilines is 1. The Hall–Kier alpha value is -2.15. The number of likely N-dealkylation sites (tertiary alicyclic amines) is 2. The molecule has 3 aliphatic heterocycles. The van der Waals surface area contributed by atoms with Gasteiger partial charge in [-0.25, -0.2) is 9.47 Å². The van der Waals surface area contributed by atoms with Crippen molar-refractivity contribution in [3.63, 3.8) is 0 Å². The number of nitrogens with zero attached hydrogens (tertiary/aromatic N) is 3. The molecule has 0 saturated carbocycles. The largest absolute Gasteiger partial charge is 0.516 e. The smallest absolute Gasteiger partial charge is 0.414 e.